The molecule has 9 nitrogen and oxygen atoms in total. The lowest BCUT2D eigenvalue weighted by atomic mass is 9.41. The molecule has 0 amide bonds. The molecule has 44 heavy (non-hydrogen) atoms. The second-order valence-corrected chi connectivity index (χ2v) is 18.3. The van der Waals surface area contributed by atoms with Crippen LogP contribution in [0.4, 0.5) is 0 Å². The van der Waals surface area contributed by atoms with Crippen LogP contribution >= 0.6 is 0 Å². The van der Waals surface area contributed by atoms with Crippen LogP contribution in [0.25, 0.3) is 0 Å². The summed E-state index contributed by atoms with van der Waals surface area (Å²) in [6.45, 7) is 15.2. The van der Waals surface area contributed by atoms with Crippen LogP contribution in [0.15, 0.2) is 0 Å². The summed E-state index contributed by atoms with van der Waals surface area (Å²) in [5.41, 5.74) is -1.39. The van der Waals surface area contributed by atoms with E-state index in [1.54, 1.807) is 13.8 Å². The van der Waals surface area contributed by atoms with Crippen molar-refractivity contribution >= 4 is 0 Å². The Morgan fingerprint density at radius 3 is 2.23 bits per heavy atom. The van der Waals surface area contributed by atoms with Crippen molar-refractivity contribution in [3.8, 4) is 0 Å². The van der Waals surface area contributed by atoms with Gasteiger partial charge in [0.05, 0.1) is 24.4 Å². The predicted molar refractivity (Wildman–Crippen MR) is 159 cm³/mol. The average Bonchev–Trinajstić information content (AvgIpc) is 3.45. The van der Waals surface area contributed by atoms with Crippen LogP contribution in [0, 0.1) is 50.7 Å². The highest BCUT2D eigenvalue weighted by Gasteiger charge is 2.88. The SMILES string of the molecule is C[C@H]1C[C@H]2O[C@@]3(O[C@@H]2C(C)(C)O)[C@@H](O)[C@@]2(C)[C@@H]4CC[C@@H]5C(C)(C)[C@@H](O[C@@H]6OC[C@@H](O)[C@H](O)[C@H]6O)CC[C@@]56C[C@@]46CC[C@]2(C)[C@@H]13. The first-order chi connectivity index (χ1) is 20.4. The van der Waals surface area contributed by atoms with Crippen LogP contribution in [0.5, 0.6) is 0 Å². The molecule has 3 saturated heterocycles. The first-order valence-electron chi connectivity index (χ1n) is 17.5. The number of hydrogen-bond donors (Lipinski definition) is 5. The molecule has 0 aromatic rings. The highest BCUT2D eigenvalue weighted by Crippen LogP contribution is 2.90. The lowest BCUT2D eigenvalue weighted by Crippen LogP contribution is -2.61. The summed E-state index contributed by atoms with van der Waals surface area (Å²) in [5, 5.41) is 54.5. The van der Waals surface area contributed by atoms with Crippen LogP contribution in [0.1, 0.15) is 99.8 Å². The molecule has 3 aliphatic heterocycles. The van der Waals surface area contributed by atoms with Gasteiger partial charge in [0.25, 0.3) is 0 Å². The molecule has 5 saturated carbocycles. The molecule has 0 unspecified atom stereocenters. The maximum Gasteiger partial charge on any atom is 0.199 e. The van der Waals surface area contributed by atoms with Gasteiger partial charge in [0.1, 0.15) is 30.5 Å². The zero-order valence-corrected chi connectivity index (χ0v) is 27.7. The molecular weight excluding hydrogens is 564 g/mol. The van der Waals surface area contributed by atoms with Crippen molar-refractivity contribution in [2.45, 2.75) is 160 Å². The molecule has 8 aliphatic rings. The molecule has 9 heteroatoms. The number of rotatable bonds is 3. The number of ether oxygens (including phenoxy) is 4. The van der Waals surface area contributed by atoms with Gasteiger partial charge in [0.15, 0.2) is 12.1 Å². The smallest absolute Gasteiger partial charge is 0.199 e. The van der Waals surface area contributed by atoms with E-state index in [2.05, 4.69) is 34.6 Å². The van der Waals surface area contributed by atoms with Crippen molar-refractivity contribution < 1.29 is 44.5 Å². The van der Waals surface area contributed by atoms with E-state index in [0.717, 1.165) is 44.9 Å². The van der Waals surface area contributed by atoms with Crippen molar-refractivity contribution in [1.82, 2.24) is 0 Å². The van der Waals surface area contributed by atoms with Crippen LogP contribution in [0.2, 0.25) is 0 Å². The molecule has 0 radical (unpaired) electrons. The maximum absolute atomic E-state index is 12.7. The highest BCUT2D eigenvalue weighted by atomic mass is 16.8. The van der Waals surface area contributed by atoms with E-state index >= 15 is 0 Å². The van der Waals surface area contributed by atoms with Crippen molar-refractivity contribution in [3.05, 3.63) is 0 Å². The summed E-state index contributed by atoms with van der Waals surface area (Å²) in [7, 11) is 0. The first-order valence-corrected chi connectivity index (χ1v) is 17.5. The third-order valence-corrected chi connectivity index (χ3v) is 15.9. The Morgan fingerprint density at radius 1 is 0.841 bits per heavy atom. The second kappa shape index (κ2) is 9.00. The molecule has 2 bridgehead atoms. The predicted octanol–water partition coefficient (Wildman–Crippen LogP) is 3.12. The quantitative estimate of drug-likeness (QED) is 0.301. The number of fused-ring (bicyclic) bond motifs is 4. The van der Waals surface area contributed by atoms with Crippen molar-refractivity contribution in [2.24, 2.45) is 50.7 Å². The van der Waals surface area contributed by atoms with E-state index < -0.39 is 48.2 Å². The minimum Gasteiger partial charge on any atom is -0.388 e. The maximum atomic E-state index is 12.7. The standard InChI is InChI=1S/C35H56O9/c1-17-14-19-26(30(4,5)40)44-35(43-19)25(17)31(6)12-13-34-16-33(34)11-10-22(42-27-24(38)23(37)18(36)15-41-27)29(2,3)20(33)8-9-21(34)32(31,7)28(35)39/h17-28,36-40H,8-16H2,1-7H3/t17-,18+,19+,20+,21-,22-,23-,24+,25+,26-,27-,28-,31+,32+,33+,34-,35-/m0/s1. The summed E-state index contributed by atoms with van der Waals surface area (Å²) >= 11 is 0. The zero-order chi connectivity index (χ0) is 31.6. The molecule has 8 fully saturated rings. The molecule has 250 valence electrons. The highest BCUT2D eigenvalue weighted by molar-refractivity contribution is 5.34. The summed E-state index contributed by atoms with van der Waals surface area (Å²) in [4.78, 5) is 0. The summed E-state index contributed by atoms with van der Waals surface area (Å²) in [6, 6.07) is 0. The fourth-order valence-electron chi connectivity index (χ4n) is 14.0. The van der Waals surface area contributed by atoms with E-state index in [9.17, 15) is 25.5 Å². The van der Waals surface area contributed by atoms with E-state index in [1.165, 1.54) is 6.42 Å². The average molecular weight is 621 g/mol. The van der Waals surface area contributed by atoms with Crippen molar-refractivity contribution in [1.29, 1.82) is 0 Å². The van der Waals surface area contributed by atoms with Crippen LogP contribution in [0.3, 0.4) is 0 Å². The minimum absolute atomic E-state index is 0.0559. The molecule has 3 spiro atoms. The van der Waals surface area contributed by atoms with Gasteiger partial charge in [-0.3, -0.25) is 0 Å². The summed E-state index contributed by atoms with van der Waals surface area (Å²) in [5.74, 6) is 0.108. The Morgan fingerprint density at radius 2 is 1.52 bits per heavy atom. The van der Waals surface area contributed by atoms with Gasteiger partial charge in [-0.1, -0.05) is 34.6 Å². The number of hydrogen-bond acceptors (Lipinski definition) is 9. The molecule has 17 atom stereocenters. The van der Waals surface area contributed by atoms with Crippen LogP contribution in [-0.4, -0.2) is 92.5 Å². The topological polar surface area (TPSA) is 138 Å². The third-order valence-electron chi connectivity index (χ3n) is 15.9. The van der Waals surface area contributed by atoms with Crippen molar-refractivity contribution in [2.75, 3.05) is 6.61 Å². The fourth-order valence-corrected chi connectivity index (χ4v) is 14.0. The molecule has 0 aromatic carbocycles. The van der Waals surface area contributed by atoms with Gasteiger partial charge in [-0.25, -0.2) is 0 Å². The molecule has 5 N–H and O–H groups in total. The van der Waals surface area contributed by atoms with E-state index in [4.69, 9.17) is 18.9 Å². The van der Waals surface area contributed by atoms with E-state index in [-0.39, 0.29) is 51.8 Å². The Hall–Kier alpha value is -0.360. The normalized spacial score (nSPS) is 62.2. The van der Waals surface area contributed by atoms with Gasteiger partial charge in [-0.2, -0.15) is 0 Å². The second-order valence-electron chi connectivity index (χ2n) is 18.3. The molecule has 3 heterocycles. The van der Waals surface area contributed by atoms with Crippen LogP contribution in [-0.2, 0) is 18.9 Å². The van der Waals surface area contributed by atoms with E-state index in [0.29, 0.717) is 17.8 Å². The van der Waals surface area contributed by atoms with Gasteiger partial charge in [0.2, 0.25) is 0 Å². The van der Waals surface area contributed by atoms with Crippen molar-refractivity contribution in [3.63, 3.8) is 0 Å². The lowest BCUT2D eigenvalue weighted by Gasteiger charge is -2.63. The largest absolute Gasteiger partial charge is 0.388 e. The van der Waals surface area contributed by atoms with E-state index in [1.807, 2.05) is 0 Å². The lowest BCUT2D eigenvalue weighted by molar-refractivity contribution is -0.303. The number of aliphatic hydroxyl groups excluding tert-OH is 4. The van der Waals surface area contributed by atoms with Gasteiger partial charge in [-0.05, 0) is 105 Å². The monoisotopic (exact) mass is 620 g/mol. The van der Waals surface area contributed by atoms with Gasteiger partial charge in [0, 0.05) is 11.3 Å². The minimum atomic E-state index is -1.28. The molecule has 0 aromatic heterocycles. The molecule has 8 rings (SSSR count). The Balaban J connectivity index is 1.10. The molecular formula is C35H56O9. The summed E-state index contributed by atoms with van der Waals surface area (Å²) < 4.78 is 25.8. The Labute approximate surface area is 262 Å². The van der Waals surface area contributed by atoms with Crippen LogP contribution < -0.4 is 0 Å². The third kappa shape index (κ3) is 3.38. The number of aliphatic hydroxyl groups is 5. The van der Waals surface area contributed by atoms with Gasteiger partial charge < -0.3 is 44.5 Å². The van der Waals surface area contributed by atoms with Gasteiger partial charge >= 0.3 is 0 Å². The fraction of sp³-hybridized carbons (Fsp3) is 1.00. The Bertz CT molecular complexity index is 1200. The molecule has 5 aliphatic carbocycles. The first kappa shape index (κ1) is 30.9. The van der Waals surface area contributed by atoms with Gasteiger partial charge in [-0.15, -0.1) is 0 Å². The Kier molecular flexibility index (Phi) is 6.33. The zero-order valence-electron chi connectivity index (χ0n) is 27.7. The summed E-state index contributed by atoms with van der Waals surface area (Å²) in [6.07, 6.45) is 2.00.